The van der Waals surface area contributed by atoms with Gasteiger partial charge in [0.1, 0.15) is 5.00 Å². The van der Waals surface area contributed by atoms with Crippen LogP contribution in [0.1, 0.15) is 26.4 Å². The van der Waals surface area contributed by atoms with Gasteiger partial charge >= 0.3 is 0 Å². The fourth-order valence-corrected chi connectivity index (χ4v) is 3.32. The first kappa shape index (κ1) is 16.0. The van der Waals surface area contributed by atoms with E-state index in [1.54, 1.807) is 20.2 Å². The minimum Gasteiger partial charge on any atom is -0.378 e. The van der Waals surface area contributed by atoms with Gasteiger partial charge in [0.25, 0.3) is 11.8 Å². The second-order valence-electron chi connectivity index (χ2n) is 5.30. The molecule has 0 aliphatic heterocycles. The number of carbonyl (C=O) groups excluding carboxylic acids is 2. The second-order valence-corrected chi connectivity index (χ2v) is 6.07. The van der Waals surface area contributed by atoms with Crippen molar-refractivity contribution in [1.29, 1.82) is 0 Å². The molecule has 0 aliphatic rings. The summed E-state index contributed by atoms with van der Waals surface area (Å²) in [6, 6.07) is 7.59. The molecule has 1 aromatic carbocycles. The number of rotatable bonds is 3. The molecule has 0 bridgehead atoms. The van der Waals surface area contributed by atoms with E-state index in [0.717, 1.165) is 10.9 Å². The van der Waals surface area contributed by atoms with Gasteiger partial charge in [-0.3, -0.25) is 20.4 Å². The van der Waals surface area contributed by atoms with Crippen molar-refractivity contribution in [2.75, 3.05) is 12.4 Å². The van der Waals surface area contributed by atoms with Crippen LogP contribution in [0.15, 0.2) is 30.5 Å². The quantitative estimate of drug-likeness (QED) is 0.635. The smallest absolute Gasteiger partial charge is 0.274 e. The fourth-order valence-electron chi connectivity index (χ4n) is 2.57. The average Bonchev–Trinajstić information content (AvgIpc) is 3.13. The number of amides is 2. The third kappa shape index (κ3) is 2.71. The zero-order valence-electron chi connectivity index (χ0n) is 13.5. The molecular weight excluding hydrogens is 326 g/mol. The number of aromatic nitrogens is 2. The highest BCUT2D eigenvalue weighted by molar-refractivity contribution is 7.10. The van der Waals surface area contributed by atoms with Crippen molar-refractivity contribution in [2.45, 2.75) is 6.92 Å². The Balaban J connectivity index is 1.78. The van der Waals surface area contributed by atoms with Crippen LogP contribution >= 0.6 is 11.5 Å². The lowest BCUT2D eigenvalue weighted by molar-refractivity contribution is 0.0847. The third-order valence-corrected chi connectivity index (χ3v) is 4.70. The Morgan fingerprint density at radius 2 is 1.88 bits per heavy atom. The number of para-hydroxylation sites is 1. The van der Waals surface area contributed by atoms with Crippen molar-refractivity contribution in [2.24, 2.45) is 7.05 Å². The van der Waals surface area contributed by atoms with E-state index in [1.807, 2.05) is 35.9 Å². The SMILES string of the molecule is CNc1snc(C)c1C(=O)NNC(=O)c1cn(C)c2ccccc12. The molecule has 0 aliphatic carbocycles. The Labute approximate surface area is 142 Å². The first-order valence-corrected chi connectivity index (χ1v) is 8.09. The summed E-state index contributed by atoms with van der Waals surface area (Å²) in [7, 11) is 3.59. The predicted molar refractivity (Wildman–Crippen MR) is 94.2 cm³/mol. The Hall–Kier alpha value is -2.87. The van der Waals surface area contributed by atoms with E-state index in [4.69, 9.17) is 0 Å². The maximum Gasteiger partial charge on any atom is 0.274 e. The minimum atomic E-state index is -0.404. The molecule has 3 N–H and O–H groups in total. The zero-order chi connectivity index (χ0) is 17.3. The average molecular weight is 343 g/mol. The van der Waals surface area contributed by atoms with Crippen LogP contribution < -0.4 is 16.2 Å². The highest BCUT2D eigenvalue weighted by Crippen LogP contribution is 2.23. The van der Waals surface area contributed by atoms with Crippen molar-refractivity contribution in [3.05, 3.63) is 47.3 Å². The molecule has 0 unspecified atom stereocenters. The number of aryl methyl sites for hydroxylation is 2. The van der Waals surface area contributed by atoms with Crippen LogP contribution in [0.2, 0.25) is 0 Å². The van der Waals surface area contributed by atoms with Crippen LogP contribution in [-0.2, 0) is 7.05 Å². The number of fused-ring (bicyclic) bond motifs is 1. The van der Waals surface area contributed by atoms with Crippen molar-refractivity contribution in [3.8, 4) is 0 Å². The predicted octanol–water partition coefficient (Wildman–Crippen LogP) is 2.06. The van der Waals surface area contributed by atoms with Crippen molar-refractivity contribution < 1.29 is 9.59 Å². The number of benzene rings is 1. The molecular formula is C16H17N5O2S. The van der Waals surface area contributed by atoms with Gasteiger partial charge in [-0.05, 0) is 24.5 Å². The van der Waals surface area contributed by atoms with E-state index in [9.17, 15) is 9.59 Å². The number of hydrogen-bond donors (Lipinski definition) is 3. The topological polar surface area (TPSA) is 88.1 Å². The molecule has 3 rings (SSSR count). The number of carbonyl (C=O) groups is 2. The molecule has 24 heavy (non-hydrogen) atoms. The fraction of sp³-hybridized carbons (Fsp3) is 0.188. The van der Waals surface area contributed by atoms with Gasteiger partial charge in [-0.25, -0.2) is 0 Å². The number of nitrogens with one attached hydrogen (secondary N) is 3. The molecule has 0 fully saturated rings. The number of hydrazine groups is 1. The number of hydrogen-bond acceptors (Lipinski definition) is 5. The molecule has 2 amide bonds. The van der Waals surface area contributed by atoms with Crippen LogP contribution in [0.5, 0.6) is 0 Å². The molecule has 0 radical (unpaired) electrons. The lowest BCUT2D eigenvalue weighted by Gasteiger charge is -2.07. The molecule has 3 aromatic rings. The Bertz CT molecular complexity index is 928. The van der Waals surface area contributed by atoms with Gasteiger partial charge in [0.15, 0.2) is 0 Å². The van der Waals surface area contributed by atoms with Gasteiger partial charge < -0.3 is 9.88 Å². The van der Waals surface area contributed by atoms with Crippen molar-refractivity contribution in [3.63, 3.8) is 0 Å². The highest BCUT2D eigenvalue weighted by Gasteiger charge is 2.19. The van der Waals surface area contributed by atoms with E-state index in [0.29, 0.717) is 21.8 Å². The second kappa shape index (κ2) is 6.32. The van der Waals surface area contributed by atoms with E-state index < -0.39 is 5.91 Å². The van der Waals surface area contributed by atoms with Crippen molar-refractivity contribution in [1.82, 2.24) is 19.8 Å². The van der Waals surface area contributed by atoms with Gasteiger partial charge in [-0.15, -0.1) is 0 Å². The normalized spacial score (nSPS) is 10.6. The Morgan fingerprint density at radius 3 is 2.62 bits per heavy atom. The molecule has 0 spiro atoms. The molecule has 2 aromatic heterocycles. The van der Waals surface area contributed by atoms with Crippen LogP contribution in [0.4, 0.5) is 5.00 Å². The van der Waals surface area contributed by atoms with Crippen LogP contribution in [0.25, 0.3) is 10.9 Å². The molecule has 7 nitrogen and oxygen atoms in total. The summed E-state index contributed by atoms with van der Waals surface area (Å²) in [4.78, 5) is 24.7. The maximum absolute atomic E-state index is 12.4. The number of nitrogens with zero attached hydrogens (tertiary/aromatic N) is 2. The summed E-state index contributed by atoms with van der Waals surface area (Å²) >= 11 is 1.20. The van der Waals surface area contributed by atoms with Crippen molar-refractivity contribution >= 4 is 39.3 Å². The lowest BCUT2D eigenvalue weighted by Crippen LogP contribution is -2.41. The van der Waals surface area contributed by atoms with E-state index >= 15 is 0 Å². The Kier molecular flexibility index (Phi) is 4.22. The van der Waals surface area contributed by atoms with Gasteiger partial charge in [-0.2, -0.15) is 4.37 Å². The molecule has 0 saturated heterocycles. The summed E-state index contributed by atoms with van der Waals surface area (Å²) in [5.41, 5.74) is 7.41. The van der Waals surface area contributed by atoms with Crippen LogP contribution in [0.3, 0.4) is 0 Å². The van der Waals surface area contributed by atoms with Gasteiger partial charge in [-0.1, -0.05) is 18.2 Å². The molecule has 2 heterocycles. The van der Waals surface area contributed by atoms with Gasteiger partial charge in [0.2, 0.25) is 0 Å². The molecule has 0 saturated carbocycles. The monoisotopic (exact) mass is 343 g/mol. The standard InChI is InChI=1S/C16H17N5O2S/c1-9-13(16(17-2)24-20-9)15(23)19-18-14(22)11-8-21(3)12-7-5-4-6-10(11)12/h4-8,17H,1-3H3,(H,18,22)(H,19,23). The number of anilines is 1. The zero-order valence-corrected chi connectivity index (χ0v) is 14.3. The minimum absolute atomic E-state index is 0.369. The molecule has 0 atom stereocenters. The van der Waals surface area contributed by atoms with Crippen LogP contribution in [0, 0.1) is 6.92 Å². The van der Waals surface area contributed by atoms with Crippen LogP contribution in [-0.4, -0.2) is 27.8 Å². The van der Waals surface area contributed by atoms with E-state index in [1.165, 1.54) is 11.5 Å². The summed E-state index contributed by atoms with van der Waals surface area (Å²) in [6.45, 7) is 1.75. The first-order valence-electron chi connectivity index (χ1n) is 7.31. The summed E-state index contributed by atoms with van der Waals surface area (Å²) < 4.78 is 6.01. The van der Waals surface area contributed by atoms with Gasteiger partial charge in [0, 0.05) is 31.2 Å². The van der Waals surface area contributed by atoms with E-state index in [2.05, 4.69) is 20.5 Å². The molecule has 8 heteroatoms. The third-order valence-electron chi connectivity index (χ3n) is 3.75. The molecule has 124 valence electrons. The first-order chi connectivity index (χ1) is 11.5. The summed E-state index contributed by atoms with van der Waals surface area (Å²) in [6.07, 6.45) is 1.74. The Morgan fingerprint density at radius 1 is 1.17 bits per heavy atom. The largest absolute Gasteiger partial charge is 0.378 e. The highest BCUT2D eigenvalue weighted by atomic mass is 32.1. The maximum atomic E-state index is 12.4. The van der Waals surface area contributed by atoms with E-state index in [-0.39, 0.29) is 5.91 Å². The lowest BCUT2D eigenvalue weighted by atomic mass is 10.2. The van der Waals surface area contributed by atoms with Gasteiger partial charge in [0.05, 0.1) is 16.8 Å². The summed E-state index contributed by atoms with van der Waals surface area (Å²) in [5, 5.41) is 4.41. The summed E-state index contributed by atoms with van der Waals surface area (Å²) in [5.74, 6) is -0.772.